The maximum absolute atomic E-state index is 13.6. The quantitative estimate of drug-likeness (QED) is 0.823. The molecule has 2 aromatic rings. The smallest absolute Gasteiger partial charge is 0.351 e. The van der Waals surface area contributed by atoms with Gasteiger partial charge in [0.25, 0.3) is 0 Å². The lowest BCUT2D eigenvalue weighted by atomic mass is 10.2. The van der Waals surface area contributed by atoms with Gasteiger partial charge in [0, 0.05) is 6.20 Å². The lowest BCUT2D eigenvalue weighted by Crippen LogP contribution is -2.21. The fourth-order valence-corrected chi connectivity index (χ4v) is 1.88. The fourth-order valence-electron chi connectivity index (χ4n) is 1.51. The highest BCUT2D eigenvalue weighted by atomic mass is 35.5. The van der Waals surface area contributed by atoms with Crippen LogP contribution >= 0.6 is 23.2 Å². The molecule has 116 valence electrons. The van der Waals surface area contributed by atoms with E-state index in [4.69, 9.17) is 38.8 Å². The number of carboxylic acids is 1. The number of nitrogen functional groups attached to an aromatic ring is 1. The van der Waals surface area contributed by atoms with Crippen LogP contribution in [0.3, 0.4) is 0 Å². The van der Waals surface area contributed by atoms with Crippen molar-refractivity contribution in [2.75, 3.05) is 5.73 Å². The largest absolute Gasteiger partial charge is 0.478 e. The van der Waals surface area contributed by atoms with E-state index in [2.05, 4.69) is 9.97 Å². The molecule has 0 aliphatic heterocycles. The molecule has 0 aliphatic carbocycles. The summed E-state index contributed by atoms with van der Waals surface area (Å²) in [7, 11) is 0. The minimum Gasteiger partial charge on any atom is -0.478 e. The third kappa shape index (κ3) is 3.02. The van der Waals surface area contributed by atoms with Gasteiger partial charge in [0.2, 0.25) is 17.9 Å². The summed E-state index contributed by atoms with van der Waals surface area (Å²) >= 11 is 11.3. The Kier molecular flexibility index (Phi) is 4.62. The Labute approximate surface area is 132 Å². The zero-order valence-electron chi connectivity index (χ0n) is 10.6. The first-order valence-electron chi connectivity index (χ1n) is 5.62. The van der Waals surface area contributed by atoms with Crippen molar-refractivity contribution in [3.05, 3.63) is 45.8 Å². The molecule has 0 radical (unpaired) electrons. The van der Waals surface area contributed by atoms with E-state index in [0.717, 1.165) is 6.07 Å². The first-order chi connectivity index (χ1) is 10.3. The number of anilines is 1. The van der Waals surface area contributed by atoms with E-state index in [1.54, 1.807) is 0 Å². The van der Waals surface area contributed by atoms with Crippen molar-refractivity contribution < 1.29 is 23.4 Å². The number of halogens is 4. The minimum atomic E-state index is -1.90. The van der Waals surface area contributed by atoms with E-state index in [1.165, 1.54) is 12.3 Å². The number of nitrogens with two attached hydrogens (primary N) is 1. The summed E-state index contributed by atoms with van der Waals surface area (Å²) in [6.07, 6.45) is -0.727. The van der Waals surface area contributed by atoms with Gasteiger partial charge in [0.1, 0.15) is 21.6 Å². The van der Waals surface area contributed by atoms with Crippen LogP contribution in [0.25, 0.3) is 0 Å². The van der Waals surface area contributed by atoms with Gasteiger partial charge in [-0.1, -0.05) is 23.2 Å². The molecule has 10 heteroatoms. The normalized spacial score (nSPS) is 12.0. The molecule has 22 heavy (non-hydrogen) atoms. The van der Waals surface area contributed by atoms with E-state index in [-0.39, 0.29) is 5.69 Å². The van der Waals surface area contributed by atoms with Gasteiger partial charge in [-0.3, -0.25) is 4.98 Å². The van der Waals surface area contributed by atoms with Crippen molar-refractivity contribution in [1.82, 2.24) is 9.97 Å². The average Bonchev–Trinajstić information content (AvgIpc) is 2.48. The number of rotatable bonds is 4. The van der Waals surface area contributed by atoms with Gasteiger partial charge >= 0.3 is 5.97 Å². The Bertz CT molecular complexity index is 746. The van der Waals surface area contributed by atoms with Crippen LogP contribution in [0.1, 0.15) is 11.8 Å². The lowest BCUT2D eigenvalue weighted by Gasteiger charge is -2.16. The van der Waals surface area contributed by atoms with Crippen LogP contribution < -0.4 is 10.5 Å². The highest BCUT2D eigenvalue weighted by Crippen LogP contribution is 2.37. The van der Waals surface area contributed by atoms with Gasteiger partial charge < -0.3 is 15.6 Å². The Hall–Kier alpha value is -2.19. The van der Waals surface area contributed by atoms with Crippen LogP contribution in [-0.4, -0.2) is 21.0 Å². The van der Waals surface area contributed by atoms with E-state index in [9.17, 15) is 13.6 Å². The molecule has 1 atom stereocenters. The maximum Gasteiger partial charge on any atom is 0.351 e. The summed E-state index contributed by atoms with van der Waals surface area (Å²) in [4.78, 5) is 18.1. The van der Waals surface area contributed by atoms with Crippen LogP contribution in [0, 0.1) is 11.8 Å². The second-order valence-corrected chi connectivity index (χ2v) is 4.71. The summed E-state index contributed by atoms with van der Waals surface area (Å²) in [5, 5.41) is 8.21. The SMILES string of the molecule is Nc1c(Cl)c(F)nc(OC(C(=O)O)c2ncccc2F)c1Cl. The van der Waals surface area contributed by atoms with Crippen molar-refractivity contribution in [1.29, 1.82) is 0 Å². The lowest BCUT2D eigenvalue weighted by molar-refractivity contribution is -0.145. The molecular weight excluding hydrogens is 343 g/mol. The third-order valence-electron chi connectivity index (χ3n) is 2.53. The summed E-state index contributed by atoms with van der Waals surface area (Å²) in [5.74, 6) is -4.35. The number of carboxylic acid groups (broad SMARTS) is 1. The van der Waals surface area contributed by atoms with Crippen molar-refractivity contribution >= 4 is 34.9 Å². The molecule has 3 N–H and O–H groups in total. The van der Waals surface area contributed by atoms with E-state index < -0.39 is 45.5 Å². The van der Waals surface area contributed by atoms with Crippen molar-refractivity contribution in [2.24, 2.45) is 0 Å². The molecule has 0 bridgehead atoms. The predicted octanol–water partition coefficient (Wildman–Crippen LogP) is 2.85. The number of hydrogen-bond donors (Lipinski definition) is 2. The number of pyridine rings is 2. The number of carbonyl (C=O) groups is 1. The Morgan fingerprint density at radius 3 is 2.64 bits per heavy atom. The molecule has 1 unspecified atom stereocenters. The Balaban J connectivity index is 2.47. The topological polar surface area (TPSA) is 98.3 Å². The Morgan fingerprint density at radius 1 is 1.36 bits per heavy atom. The maximum atomic E-state index is 13.6. The van der Waals surface area contributed by atoms with Crippen LogP contribution in [-0.2, 0) is 4.79 Å². The molecule has 0 aliphatic rings. The van der Waals surface area contributed by atoms with Gasteiger partial charge in [-0.25, -0.2) is 9.18 Å². The van der Waals surface area contributed by atoms with E-state index in [1.807, 2.05) is 0 Å². The van der Waals surface area contributed by atoms with Gasteiger partial charge in [-0.15, -0.1) is 0 Å². The molecule has 2 rings (SSSR count). The monoisotopic (exact) mass is 349 g/mol. The molecule has 0 aromatic carbocycles. The molecule has 0 saturated carbocycles. The van der Waals surface area contributed by atoms with Crippen molar-refractivity contribution in [2.45, 2.75) is 6.10 Å². The molecule has 0 fully saturated rings. The van der Waals surface area contributed by atoms with Crippen LogP contribution in [0.4, 0.5) is 14.5 Å². The number of hydrogen-bond acceptors (Lipinski definition) is 5. The molecular formula is C12H7Cl2F2N3O3. The fraction of sp³-hybridized carbons (Fsp3) is 0.0833. The summed E-state index contributed by atoms with van der Waals surface area (Å²) in [6, 6.07) is 2.26. The average molecular weight is 350 g/mol. The van der Waals surface area contributed by atoms with Crippen LogP contribution in [0.15, 0.2) is 18.3 Å². The highest BCUT2D eigenvalue weighted by Gasteiger charge is 2.29. The van der Waals surface area contributed by atoms with Crippen LogP contribution in [0.5, 0.6) is 5.88 Å². The Morgan fingerprint density at radius 2 is 2.05 bits per heavy atom. The minimum absolute atomic E-state index is 0.378. The second-order valence-electron chi connectivity index (χ2n) is 3.96. The van der Waals surface area contributed by atoms with E-state index in [0.29, 0.717) is 0 Å². The molecule has 2 aromatic heterocycles. The summed E-state index contributed by atoms with van der Waals surface area (Å²) < 4.78 is 32.1. The number of nitrogens with zero attached hydrogens (tertiary/aromatic N) is 2. The standard InChI is InChI=1S/C12H7Cl2F2N3O3/c13-5-7(17)6(14)11(19-10(5)16)22-9(12(20)21)8-4(15)2-1-3-18-8/h1-3,9H,(H2,17,19)(H,20,21). The van der Waals surface area contributed by atoms with Gasteiger partial charge in [0.15, 0.2) is 0 Å². The highest BCUT2D eigenvalue weighted by molar-refractivity contribution is 6.39. The van der Waals surface area contributed by atoms with Gasteiger partial charge in [0.05, 0.1) is 5.69 Å². The first-order valence-corrected chi connectivity index (χ1v) is 6.38. The molecule has 2 heterocycles. The molecule has 0 saturated heterocycles. The zero-order valence-corrected chi connectivity index (χ0v) is 12.1. The first kappa shape index (κ1) is 16.2. The third-order valence-corrected chi connectivity index (χ3v) is 3.26. The molecule has 0 amide bonds. The van der Waals surface area contributed by atoms with Crippen LogP contribution in [0.2, 0.25) is 10.0 Å². The molecule has 0 spiro atoms. The number of aliphatic carboxylic acids is 1. The summed E-state index contributed by atoms with van der Waals surface area (Å²) in [6.45, 7) is 0. The van der Waals surface area contributed by atoms with Gasteiger partial charge in [-0.2, -0.15) is 9.37 Å². The van der Waals surface area contributed by atoms with Gasteiger partial charge in [-0.05, 0) is 12.1 Å². The zero-order chi connectivity index (χ0) is 16.4. The van der Waals surface area contributed by atoms with E-state index >= 15 is 0 Å². The summed E-state index contributed by atoms with van der Waals surface area (Å²) in [5.41, 5.74) is 4.54. The predicted molar refractivity (Wildman–Crippen MR) is 73.8 cm³/mol. The molecule has 6 nitrogen and oxygen atoms in total. The number of aromatic nitrogens is 2. The van der Waals surface area contributed by atoms with Crippen molar-refractivity contribution in [3.8, 4) is 5.88 Å². The van der Waals surface area contributed by atoms with Crippen molar-refractivity contribution in [3.63, 3.8) is 0 Å². The second kappa shape index (κ2) is 6.29. The number of ether oxygens (including phenoxy) is 1.